The Morgan fingerprint density at radius 1 is 1.36 bits per heavy atom. The second-order valence-corrected chi connectivity index (χ2v) is 3.19. The first kappa shape index (κ1) is 10.9. The highest BCUT2D eigenvalue weighted by Crippen LogP contribution is 2.08. The molecule has 4 nitrogen and oxygen atoms in total. The van der Waals surface area contributed by atoms with Gasteiger partial charge in [0.25, 0.3) is 0 Å². The molecule has 0 aliphatic carbocycles. The molecule has 0 aliphatic heterocycles. The van der Waals surface area contributed by atoms with Crippen molar-refractivity contribution in [2.24, 2.45) is 0 Å². The van der Waals surface area contributed by atoms with Crippen LogP contribution in [0.2, 0.25) is 0 Å². The van der Waals surface area contributed by atoms with Gasteiger partial charge in [-0.2, -0.15) is 5.10 Å². The summed E-state index contributed by atoms with van der Waals surface area (Å²) in [5, 5.41) is 16.8. The van der Waals surface area contributed by atoms with Gasteiger partial charge in [-0.15, -0.1) is 5.10 Å². The van der Waals surface area contributed by atoms with Crippen molar-refractivity contribution in [2.45, 2.75) is 20.3 Å². The number of aryl methyl sites for hydroxylation is 1. The maximum atomic E-state index is 8.74. The lowest BCUT2D eigenvalue weighted by atomic mass is 10.3. The van der Waals surface area contributed by atoms with E-state index >= 15 is 0 Å². The van der Waals surface area contributed by atoms with E-state index in [1.165, 1.54) is 0 Å². The second kappa shape index (κ2) is 5.54. The van der Waals surface area contributed by atoms with Crippen molar-refractivity contribution in [2.75, 3.05) is 24.6 Å². The Kier molecular flexibility index (Phi) is 4.32. The summed E-state index contributed by atoms with van der Waals surface area (Å²) in [6, 6.07) is 3.91. The molecule has 14 heavy (non-hydrogen) atoms. The molecule has 0 aliphatic rings. The largest absolute Gasteiger partial charge is 0.396 e. The summed E-state index contributed by atoms with van der Waals surface area (Å²) in [7, 11) is 0. The van der Waals surface area contributed by atoms with E-state index in [1.807, 2.05) is 19.1 Å². The van der Waals surface area contributed by atoms with E-state index < -0.39 is 0 Å². The van der Waals surface area contributed by atoms with E-state index in [2.05, 4.69) is 22.0 Å². The molecular formula is C10H17N3O. The van der Waals surface area contributed by atoms with Gasteiger partial charge in [0.05, 0.1) is 5.69 Å². The number of aliphatic hydroxyl groups is 1. The van der Waals surface area contributed by atoms with Gasteiger partial charge in [0, 0.05) is 19.7 Å². The van der Waals surface area contributed by atoms with Crippen LogP contribution in [0.4, 0.5) is 5.82 Å². The Morgan fingerprint density at radius 3 is 2.64 bits per heavy atom. The van der Waals surface area contributed by atoms with Crippen molar-refractivity contribution in [1.82, 2.24) is 10.2 Å². The average molecular weight is 195 g/mol. The number of aliphatic hydroxyl groups excluding tert-OH is 1. The predicted octanol–water partition coefficient (Wildman–Crippen LogP) is 0.994. The van der Waals surface area contributed by atoms with Crippen LogP contribution in [-0.2, 0) is 0 Å². The maximum Gasteiger partial charge on any atom is 0.151 e. The number of hydrogen-bond acceptors (Lipinski definition) is 4. The summed E-state index contributed by atoms with van der Waals surface area (Å²) in [4.78, 5) is 2.10. The Balaban J connectivity index is 2.64. The van der Waals surface area contributed by atoms with E-state index in [0.29, 0.717) is 0 Å². The molecule has 0 unspecified atom stereocenters. The second-order valence-electron chi connectivity index (χ2n) is 3.19. The summed E-state index contributed by atoms with van der Waals surface area (Å²) >= 11 is 0. The van der Waals surface area contributed by atoms with Crippen molar-refractivity contribution in [3.63, 3.8) is 0 Å². The lowest BCUT2D eigenvalue weighted by molar-refractivity contribution is 0.289. The van der Waals surface area contributed by atoms with Crippen molar-refractivity contribution in [3.8, 4) is 0 Å². The van der Waals surface area contributed by atoms with Gasteiger partial charge in [0.2, 0.25) is 0 Å². The summed E-state index contributed by atoms with van der Waals surface area (Å²) in [6.07, 6.45) is 0.767. The molecule has 1 N–H and O–H groups in total. The first-order valence-electron chi connectivity index (χ1n) is 4.94. The Hall–Kier alpha value is -1.16. The highest BCUT2D eigenvalue weighted by atomic mass is 16.3. The van der Waals surface area contributed by atoms with Crippen LogP contribution < -0.4 is 4.90 Å². The zero-order valence-corrected chi connectivity index (χ0v) is 8.77. The summed E-state index contributed by atoms with van der Waals surface area (Å²) in [5.74, 6) is 0.881. The molecule has 4 heteroatoms. The molecule has 0 aromatic carbocycles. The Bertz CT molecular complexity index is 261. The SMILES string of the molecule is CCN(CCCO)c1ccc(C)nn1. The molecule has 1 rings (SSSR count). The van der Waals surface area contributed by atoms with E-state index in [1.54, 1.807) is 0 Å². The van der Waals surface area contributed by atoms with Crippen LogP contribution in [0.5, 0.6) is 0 Å². The van der Waals surface area contributed by atoms with Crippen molar-refractivity contribution >= 4 is 5.82 Å². The van der Waals surface area contributed by atoms with E-state index in [4.69, 9.17) is 5.11 Å². The minimum atomic E-state index is 0.218. The van der Waals surface area contributed by atoms with E-state index in [9.17, 15) is 0 Å². The summed E-state index contributed by atoms with van der Waals surface area (Å²) < 4.78 is 0. The minimum Gasteiger partial charge on any atom is -0.396 e. The zero-order chi connectivity index (χ0) is 10.4. The third kappa shape index (κ3) is 2.96. The van der Waals surface area contributed by atoms with Gasteiger partial charge < -0.3 is 10.0 Å². The van der Waals surface area contributed by atoms with E-state index in [0.717, 1.165) is 31.0 Å². The van der Waals surface area contributed by atoms with Gasteiger partial charge in [-0.3, -0.25) is 0 Å². The molecule has 0 saturated heterocycles. The fraction of sp³-hybridized carbons (Fsp3) is 0.600. The number of aromatic nitrogens is 2. The first-order chi connectivity index (χ1) is 6.77. The topological polar surface area (TPSA) is 49.2 Å². The normalized spacial score (nSPS) is 10.2. The Labute approximate surface area is 84.6 Å². The van der Waals surface area contributed by atoms with E-state index in [-0.39, 0.29) is 6.61 Å². The zero-order valence-electron chi connectivity index (χ0n) is 8.77. The molecule has 1 heterocycles. The van der Waals surface area contributed by atoms with Crippen LogP contribution in [-0.4, -0.2) is 35.0 Å². The third-order valence-electron chi connectivity index (χ3n) is 2.08. The van der Waals surface area contributed by atoms with Gasteiger partial charge >= 0.3 is 0 Å². The lowest BCUT2D eigenvalue weighted by Gasteiger charge is -2.20. The Morgan fingerprint density at radius 2 is 2.14 bits per heavy atom. The van der Waals surface area contributed by atoms with Gasteiger partial charge in [0.15, 0.2) is 5.82 Å². The maximum absolute atomic E-state index is 8.74. The van der Waals surface area contributed by atoms with Crippen LogP contribution in [0, 0.1) is 6.92 Å². The quantitative estimate of drug-likeness (QED) is 0.761. The van der Waals surface area contributed by atoms with Gasteiger partial charge in [-0.25, -0.2) is 0 Å². The molecule has 1 aromatic heterocycles. The van der Waals surface area contributed by atoms with Crippen molar-refractivity contribution in [1.29, 1.82) is 0 Å². The molecule has 0 saturated carbocycles. The van der Waals surface area contributed by atoms with Crippen LogP contribution >= 0.6 is 0 Å². The molecule has 0 fully saturated rings. The summed E-state index contributed by atoms with van der Waals surface area (Å²) in [6.45, 7) is 5.91. The average Bonchev–Trinajstić information content (AvgIpc) is 2.21. The smallest absolute Gasteiger partial charge is 0.151 e. The number of anilines is 1. The fourth-order valence-corrected chi connectivity index (χ4v) is 1.26. The standard InChI is InChI=1S/C10H17N3O/c1-3-13(7-4-8-14)10-6-5-9(2)11-12-10/h5-6,14H,3-4,7-8H2,1-2H3. The van der Waals surface area contributed by atoms with Gasteiger partial charge in [-0.05, 0) is 32.4 Å². The van der Waals surface area contributed by atoms with Gasteiger partial charge in [-0.1, -0.05) is 0 Å². The minimum absolute atomic E-state index is 0.218. The summed E-state index contributed by atoms with van der Waals surface area (Å²) in [5.41, 5.74) is 0.923. The van der Waals surface area contributed by atoms with Crippen molar-refractivity contribution in [3.05, 3.63) is 17.8 Å². The molecule has 1 aromatic rings. The molecule has 0 bridgehead atoms. The van der Waals surface area contributed by atoms with Crippen LogP contribution in [0.15, 0.2) is 12.1 Å². The van der Waals surface area contributed by atoms with Crippen LogP contribution in [0.1, 0.15) is 19.0 Å². The lowest BCUT2D eigenvalue weighted by Crippen LogP contribution is -2.25. The molecule has 0 amide bonds. The molecule has 0 spiro atoms. The highest BCUT2D eigenvalue weighted by Gasteiger charge is 2.04. The molecule has 0 radical (unpaired) electrons. The predicted molar refractivity (Wildman–Crippen MR) is 56.4 cm³/mol. The fourth-order valence-electron chi connectivity index (χ4n) is 1.26. The first-order valence-corrected chi connectivity index (χ1v) is 4.94. The number of nitrogens with zero attached hydrogens (tertiary/aromatic N) is 3. The third-order valence-corrected chi connectivity index (χ3v) is 2.08. The van der Waals surface area contributed by atoms with Gasteiger partial charge in [0.1, 0.15) is 0 Å². The van der Waals surface area contributed by atoms with Crippen LogP contribution in [0.25, 0.3) is 0 Å². The highest BCUT2D eigenvalue weighted by molar-refractivity contribution is 5.36. The molecule has 78 valence electrons. The van der Waals surface area contributed by atoms with Crippen LogP contribution in [0.3, 0.4) is 0 Å². The number of hydrogen-bond donors (Lipinski definition) is 1. The molecule has 0 atom stereocenters. The van der Waals surface area contributed by atoms with Crippen molar-refractivity contribution < 1.29 is 5.11 Å². The monoisotopic (exact) mass is 195 g/mol. The number of rotatable bonds is 5. The molecular weight excluding hydrogens is 178 g/mol.